The maximum Gasteiger partial charge on any atom is 0.0366 e. The highest BCUT2D eigenvalue weighted by Gasteiger charge is 1.98. The Morgan fingerprint density at radius 1 is 1.13 bits per heavy atom. The molecule has 0 bridgehead atoms. The fourth-order valence-electron chi connectivity index (χ4n) is 1.34. The van der Waals surface area contributed by atoms with Gasteiger partial charge in [-0.25, -0.2) is 0 Å². The van der Waals surface area contributed by atoms with Gasteiger partial charge in [0.05, 0.1) is 0 Å². The number of terminal acetylenes is 1. The number of aryl methyl sites for hydroxylation is 1. The Bertz CT molecular complexity index is 288. The van der Waals surface area contributed by atoms with Crippen molar-refractivity contribution in [2.45, 2.75) is 27.7 Å². The summed E-state index contributed by atoms with van der Waals surface area (Å²) in [6.45, 7) is 10.3. The highest BCUT2D eigenvalue weighted by molar-refractivity contribution is 5.47. The average Bonchev–Trinajstić information content (AvgIpc) is 2.24. The molecule has 1 aromatic carbocycles. The Balaban J connectivity index is 0.000000583. The highest BCUT2D eigenvalue weighted by atomic mass is 15.1. The quantitative estimate of drug-likeness (QED) is 0.680. The van der Waals surface area contributed by atoms with E-state index >= 15 is 0 Å². The molecule has 1 heteroatoms. The molecular formula is C14H21N. The minimum Gasteiger partial charge on any atom is -0.372 e. The fourth-order valence-corrected chi connectivity index (χ4v) is 1.34. The van der Waals surface area contributed by atoms with E-state index in [9.17, 15) is 0 Å². The van der Waals surface area contributed by atoms with Crippen LogP contribution >= 0.6 is 0 Å². The van der Waals surface area contributed by atoms with Crippen LogP contribution in [0.1, 0.15) is 26.3 Å². The molecule has 0 atom stereocenters. The van der Waals surface area contributed by atoms with E-state index < -0.39 is 0 Å². The third-order valence-corrected chi connectivity index (χ3v) is 2.16. The molecule has 1 rings (SSSR count). The number of benzene rings is 1. The van der Waals surface area contributed by atoms with E-state index in [2.05, 4.69) is 62.3 Å². The molecule has 0 amide bonds. The molecule has 0 saturated carbocycles. The molecule has 0 N–H and O–H groups in total. The molecule has 15 heavy (non-hydrogen) atoms. The van der Waals surface area contributed by atoms with Crippen LogP contribution in [0.5, 0.6) is 0 Å². The molecule has 82 valence electrons. The molecule has 0 aliphatic heterocycles. The molecule has 0 heterocycles. The number of rotatable bonds is 3. The van der Waals surface area contributed by atoms with Gasteiger partial charge in [-0.15, -0.1) is 12.3 Å². The number of hydrogen-bond donors (Lipinski definition) is 0. The van der Waals surface area contributed by atoms with Gasteiger partial charge in [-0.2, -0.15) is 0 Å². The SMILES string of the molecule is C#CC.CCN(CC)c1ccc(C)cc1. The first-order valence-corrected chi connectivity index (χ1v) is 5.38. The number of nitrogens with zero attached hydrogens (tertiary/aromatic N) is 1. The third kappa shape index (κ3) is 5.12. The smallest absolute Gasteiger partial charge is 0.0366 e. The highest BCUT2D eigenvalue weighted by Crippen LogP contribution is 2.13. The average molecular weight is 203 g/mol. The zero-order valence-electron chi connectivity index (χ0n) is 10.2. The van der Waals surface area contributed by atoms with E-state index in [1.165, 1.54) is 11.3 Å². The Labute approximate surface area is 94.1 Å². The van der Waals surface area contributed by atoms with Crippen LogP contribution in [0.4, 0.5) is 5.69 Å². The van der Waals surface area contributed by atoms with Crippen LogP contribution in [0.25, 0.3) is 0 Å². The molecular weight excluding hydrogens is 182 g/mol. The second kappa shape index (κ2) is 7.94. The predicted octanol–water partition coefficient (Wildman–Crippen LogP) is 3.48. The molecule has 0 unspecified atom stereocenters. The van der Waals surface area contributed by atoms with Crippen molar-refractivity contribution >= 4 is 5.69 Å². The lowest BCUT2D eigenvalue weighted by Gasteiger charge is -2.20. The van der Waals surface area contributed by atoms with Gasteiger partial charge in [-0.1, -0.05) is 17.7 Å². The maximum absolute atomic E-state index is 4.60. The van der Waals surface area contributed by atoms with E-state index in [1.54, 1.807) is 6.92 Å². The van der Waals surface area contributed by atoms with E-state index in [4.69, 9.17) is 0 Å². The van der Waals surface area contributed by atoms with E-state index in [1.807, 2.05) is 0 Å². The largest absolute Gasteiger partial charge is 0.372 e. The van der Waals surface area contributed by atoms with Crippen LogP contribution < -0.4 is 4.90 Å². The van der Waals surface area contributed by atoms with Gasteiger partial charge < -0.3 is 4.90 Å². The van der Waals surface area contributed by atoms with Crippen molar-refractivity contribution in [2.75, 3.05) is 18.0 Å². The summed E-state index contributed by atoms with van der Waals surface area (Å²) in [7, 11) is 0. The molecule has 1 aromatic rings. The van der Waals surface area contributed by atoms with Crippen LogP contribution in [-0.2, 0) is 0 Å². The van der Waals surface area contributed by atoms with Crippen LogP contribution in [0.3, 0.4) is 0 Å². The molecule has 0 aromatic heterocycles. The zero-order chi connectivity index (χ0) is 11.7. The summed E-state index contributed by atoms with van der Waals surface area (Å²) in [5.41, 5.74) is 2.65. The van der Waals surface area contributed by atoms with E-state index in [-0.39, 0.29) is 0 Å². The maximum atomic E-state index is 4.60. The van der Waals surface area contributed by atoms with Gasteiger partial charge in [0.25, 0.3) is 0 Å². The standard InChI is InChI=1S/C11H17N.C3H4/c1-4-12(5-2)11-8-6-10(3)7-9-11;1-3-2/h6-9H,4-5H2,1-3H3;1H,2H3. The monoisotopic (exact) mass is 203 g/mol. The Kier molecular flexibility index (Phi) is 7.18. The van der Waals surface area contributed by atoms with Gasteiger partial charge in [0, 0.05) is 18.8 Å². The van der Waals surface area contributed by atoms with E-state index in [0.717, 1.165) is 13.1 Å². The van der Waals surface area contributed by atoms with Crippen molar-refractivity contribution in [3.8, 4) is 12.3 Å². The Morgan fingerprint density at radius 2 is 1.53 bits per heavy atom. The normalized spacial score (nSPS) is 8.47. The third-order valence-electron chi connectivity index (χ3n) is 2.16. The van der Waals surface area contributed by atoms with Crippen molar-refractivity contribution in [2.24, 2.45) is 0 Å². The second-order valence-corrected chi connectivity index (χ2v) is 3.30. The Hall–Kier alpha value is -1.42. The molecule has 0 fully saturated rings. The lowest BCUT2D eigenvalue weighted by molar-refractivity contribution is 0.866. The molecule has 0 saturated heterocycles. The molecule has 1 nitrogen and oxygen atoms in total. The first-order chi connectivity index (χ1) is 7.19. The van der Waals surface area contributed by atoms with Crippen molar-refractivity contribution < 1.29 is 0 Å². The summed E-state index contributed by atoms with van der Waals surface area (Å²) >= 11 is 0. The van der Waals surface area contributed by atoms with Gasteiger partial charge in [-0.05, 0) is 39.8 Å². The number of anilines is 1. The van der Waals surface area contributed by atoms with Crippen LogP contribution in [0.15, 0.2) is 24.3 Å². The number of hydrogen-bond acceptors (Lipinski definition) is 1. The van der Waals surface area contributed by atoms with Crippen molar-refractivity contribution in [1.82, 2.24) is 0 Å². The minimum absolute atomic E-state index is 1.08. The van der Waals surface area contributed by atoms with Crippen molar-refractivity contribution in [3.63, 3.8) is 0 Å². The van der Waals surface area contributed by atoms with Crippen LogP contribution in [0.2, 0.25) is 0 Å². The summed E-state index contributed by atoms with van der Waals surface area (Å²) in [6.07, 6.45) is 4.60. The van der Waals surface area contributed by atoms with Crippen LogP contribution in [-0.4, -0.2) is 13.1 Å². The van der Waals surface area contributed by atoms with Gasteiger partial charge in [0.2, 0.25) is 0 Å². The van der Waals surface area contributed by atoms with Crippen LogP contribution in [0, 0.1) is 19.3 Å². The zero-order valence-corrected chi connectivity index (χ0v) is 10.2. The first kappa shape index (κ1) is 13.6. The van der Waals surface area contributed by atoms with Crippen molar-refractivity contribution in [1.29, 1.82) is 0 Å². The van der Waals surface area contributed by atoms with Gasteiger partial charge in [-0.3, -0.25) is 0 Å². The lowest BCUT2D eigenvalue weighted by Crippen LogP contribution is -2.21. The van der Waals surface area contributed by atoms with Gasteiger partial charge in [0.15, 0.2) is 0 Å². The molecule has 0 aliphatic carbocycles. The minimum atomic E-state index is 1.08. The molecule has 0 spiro atoms. The van der Waals surface area contributed by atoms with Gasteiger partial charge in [0.1, 0.15) is 0 Å². The summed E-state index contributed by atoms with van der Waals surface area (Å²) in [5.74, 6) is 2.25. The first-order valence-electron chi connectivity index (χ1n) is 5.38. The summed E-state index contributed by atoms with van der Waals surface area (Å²) in [6, 6.07) is 8.69. The van der Waals surface area contributed by atoms with Crippen molar-refractivity contribution in [3.05, 3.63) is 29.8 Å². The summed E-state index contributed by atoms with van der Waals surface area (Å²) < 4.78 is 0. The van der Waals surface area contributed by atoms with E-state index in [0.29, 0.717) is 0 Å². The molecule has 0 aliphatic rings. The summed E-state index contributed by atoms with van der Waals surface area (Å²) in [4.78, 5) is 2.35. The second-order valence-electron chi connectivity index (χ2n) is 3.30. The van der Waals surface area contributed by atoms with Gasteiger partial charge >= 0.3 is 0 Å². The predicted molar refractivity (Wildman–Crippen MR) is 69.2 cm³/mol. The Morgan fingerprint density at radius 3 is 1.87 bits per heavy atom. The topological polar surface area (TPSA) is 3.24 Å². The summed E-state index contributed by atoms with van der Waals surface area (Å²) in [5, 5.41) is 0. The lowest BCUT2D eigenvalue weighted by atomic mass is 10.2. The molecule has 0 radical (unpaired) electrons. The fraction of sp³-hybridized carbons (Fsp3) is 0.429.